The number of likely N-dealkylation sites (tertiary alicyclic amines) is 1. The van der Waals surface area contributed by atoms with E-state index in [1.165, 1.54) is 58.0 Å². The Balaban J connectivity index is 1.72. The molecule has 2 fully saturated rings. The lowest BCUT2D eigenvalue weighted by atomic mass is 9.77. The first-order valence-electron chi connectivity index (χ1n) is 8.79. The molecule has 1 aliphatic carbocycles. The number of aliphatic hydroxyl groups is 1. The zero-order chi connectivity index (χ0) is 14.5. The second kappa shape index (κ2) is 6.93. The van der Waals surface area contributed by atoms with Crippen LogP contribution in [-0.2, 0) is 5.60 Å². The summed E-state index contributed by atoms with van der Waals surface area (Å²) < 4.78 is 0. The fraction of sp³-hybridized carbons (Fsp3) is 0.684. The minimum absolute atomic E-state index is 0.449. The monoisotopic (exact) mass is 287 g/mol. The molecular weight excluding hydrogens is 258 g/mol. The Hall–Kier alpha value is -0.860. The standard InChI is InChI=1S/C19H29NO/c21-19(18-11-5-6-12-18,17-9-3-1-4-10-17)13-16-20-14-7-2-8-15-20/h1,3-4,9-10,18,21H,2,5-8,11-16H2/t19-/m0/s1. The van der Waals surface area contributed by atoms with Crippen LogP contribution in [0.4, 0.5) is 0 Å². The fourth-order valence-corrected chi connectivity index (χ4v) is 4.23. The highest BCUT2D eigenvalue weighted by molar-refractivity contribution is 5.23. The third kappa shape index (κ3) is 3.49. The zero-order valence-corrected chi connectivity index (χ0v) is 13.1. The third-order valence-electron chi connectivity index (χ3n) is 5.56. The normalized spacial score (nSPS) is 24.0. The molecule has 1 aromatic carbocycles. The maximum atomic E-state index is 11.5. The van der Waals surface area contributed by atoms with Gasteiger partial charge >= 0.3 is 0 Å². The van der Waals surface area contributed by atoms with Crippen molar-refractivity contribution in [1.82, 2.24) is 4.90 Å². The largest absolute Gasteiger partial charge is 0.385 e. The first kappa shape index (κ1) is 15.1. The Morgan fingerprint density at radius 3 is 2.29 bits per heavy atom. The average molecular weight is 287 g/mol. The molecule has 1 heterocycles. The number of piperidine rings is 1. The van der Waals surface area contributed by atoms with Gasteiger partial charge in [0, 0.05) is 6.54 Å². The number of nitrogens with zero attached hydrogens (tertiary/aromatic N) is 1. The van der Waals surface area contributed by atoms with Crippen molar-refractivity contribution in [3.05, 3.63) is 35.9 Å². The zero-order valence-electron chi connectivity index (χ0n) is 13.1. The predicted molar refractivity (Wildman–Crippen MR) is 87.2 cm³/mol. The number of benzene rings is 1. The summed E-state index contributed by atoms with van der Waals surface area (Å²) in [6.07, 6.45) is 9.86. The van der Waals surface area contributed by atoms with E-state index < -0.39 is 5.60 Å². The quantitative estimate of drug-likeness (QED) is 0.886. The first-order chi connectivity index (χ1) is 10.3. The summed E-state index contributed by atoms with van der Waals surface area (Å²) in [7, 11) is 0. The molecule has 1 N–H and O–H groups in total. The molecular formula is C19H29NO. The van der Waals surface area contributed by atoms with Gasteiger partial charge in [-0.2, -0.15) is 0 Å². The summed E-state index contributed by atoms with van der Waals surface area (Å²) in [6, 6.07) is 10.4. The van der Waals surface area contributed by atoms with Crippen LogP contribution in [-0.4, -0.2) is 29.6 Å². The molecule has 0 bridgehead atoms. The van der Waals surface area contributed by atoms with Crippen molar-refractivity contribution in [2.45, 2.75) is 57.0 Å². The molecule has 2 aliphatic rings. The van der Waals surface area contributed by atoms with Crippen molar-refractivity contribution in [2.75, 3.05) is 19.6 Å². The number of rotatable bonds is 5. The minimum Gasteiger partial charge on any atom is -0.385 e. The van der Waals surface area contributed by atoms with Crippen LogP contribution in [0.2, 0.25) is 0 Å². The summed E-state index contributed by atoms with van der Waals surface area (Å²) in [5.41, 5.74) is 0.517. The van der Waals surface area contributed by atoms with Crippen molar-refractivity contribution in [3.8, 4) is 0 Å². The van der Waals surface area contributed by atoms with Gasteiger partial charge in [-0.1, -0.05) is 49.6 Å². The summed E-state index contributed by atoms with van der Waals surface area (Å²) in [5, 5.41) is 11.5. The molecule has 1 aromatic rings. The minimum atomic E-state index is -0.616. The topological polar surface area (TPSA) is 23.5 Å². The smallest absolute Gasteiger partial charge is 0.0936 e. The van der Waals surface area contributed by atoms with E-state index in [0.29, 0.717) is 5.92 Å². The third-order valence-corrected chi connectivity index (χ3v) is 5.56. The maximum absolute atomic E-state index is 11.5. The second-order valence-electron chi connectivity index (χ2n) is 6.92. The summed E-state index contributed by atoms with van der Waals surface area (Å²) >= 11 is 0. The van der Waals surface area contributed by atoms with E-state index in [0.717, 1.165) is 18.5 Å². The highest BCUT2D eigenvalue weighted by atomic mass is 16.3. The Labute approximate surface area is 129 Å². The van der Waals surface area contributed by atoms with Crippen LogP contribution in [0.3, 0.4) is 0 Å². The van der Waals surface area contributed by atoms with Crippen LogP contribution in [0.5, 0.6) is 0 Å². The summed E-state index contributed by atoms with van der Waals surface area (Å²) in [5.74, 6) is 0.449. The van der Waals surface area contributed by atoms with E-state index >= 15 is 0 Å². The van der Waals surface area contributed by atoms with Crippen molar-refractivity contribution in [3.63, 3.8) is 0 Å². The van der Waals surface area contributed by atoms with Crippen LogP contribution >= 0.6 is 0 Å². The van der Waals surface area contributed by atoms with E-state index in [2.05, 4.69) is 29.2 Å². The Bertz CT molecular complexity index is 420. The Morgan fingerprint density at radius 2 is 1.62 bits per heavy atom. The summed E-state index contributed by atoms with van der Waals surface area (Å²) in [4.78, 5) is 2.55. The lowest BCUT2D eigenvalue weighted by Gasteiger charge is -2.37. The SMILES string of the molecule is O[C@@](CCN1CCCCC1)(c1ccccc1)C1CCCC1. The van der Waals surface area contributed by atoms with E-state index in [1.807, 2.05) is 6.07 Å². The molecule has 2 nitrogen and oxygen atoms in total. The molecule has 0 amide bonds. The molecule has 0 unspecified atom stereocenters. The maximum Gasteiger partial charge on any atom is 0.0936 e. The fourth-order valence-electron chi connectivity index (χ4n) is 4.23. The van der Waals surface area contributed by atoms with Crippen LogP contribution in [0.1, 0.15) is 56.9 Å². The van der Waals surface area contributed by atoms with Crippen molar-refractivity contribution in [2.24, 2.45) is 5.92 Å². The first-order valence-corrected chi connectivity index (χ1v) is 8.79. The van der Waals surface area contributed by atoms with Crippen LogP contribution in [0.15, 0.2) is 30.3 Å². The highest BCUT2D eigenvalue weighted by Crippen LogP contribution is 2.42. The second-order valence-corrected chi connectivity index (χ2v) is 6.92. The van der Waals surface area contributed by atoms with E-state index in [9.17, 15) is 5.11 Å². The molecule has 0 aromatic heterocycles. The molecule has 1 saturated carbocycles. The van der Waals surface area contributed by atoms with Gasteiger partial charge in [0.05, 0.1) is 5.60 Å². The molecule has 1 atom stereocenters. The molecule has 21 heavy (non-hydrogen) atoms. The van der Waals surface area contributed by atoms with Crippen LogP contribution < -0.4 is 0 Å². The number of hydrogen-bond acceptors (Lipinski definition) is 2. The number of hydrogen-bond donors (Lipinski definition) is 1. The highest BCUT2D eigenvalue weighted by Gasteiger charge is 2.39. The van der Waals surface area contributed by atoms with E-state index in [4.69, 9.17) is 0 Å². The lowest BCUT2D eigenvalue weighted by Crippen LogP contribution is -2.39. The van der Waals surface area contributed by atoms with Crippen LogP contribution in [0.25, 0.3) is 0 Å². The van der Waals surface area contributed by atoms with Gasteiger partial charge in [0.15, 0.2) is 0 Å². The molecule has 0 radical (unpaired) electrons. The van der Waals surface area contributed by atoms with Crippen molar-refractivity contribution >= 4 is 0 Å². The molecule has 116 valence electrons. The van der Waals surface area contributed by atoms with Crippen molar-refractivity contribution in [1.29, 1.82) is 0 Å². The van der Waals surface area contributed by atoms with Gasteiger partial charge < -0.3 is 10.0 Å². The molecule has 1 saturated heterocycles. The predicted octanol–water partition coefficient (Wildman–Crippen LogP) is 3.94. The average Bonchev–Trinajstić information content (AvgIpc) is 3.09. The van der Waals surface area contributed by atoms with Gasteiger partial charge in [-0.3, -0.25) is 0 Å². The molecule has 1 aliphatic heterocycles. The van der Waals surface area contributed by atoms with Crippen LogP contribution in [0, 0.1) is 5.92 Å². The van der Waals surface area contributed by atoms with Gasteiger partial charge in [0.1, 0.15) is 0 Å². The Morgan fingerprint density at radius 1 is 0.952 bits per heavy atom. The molecule has 0 spiro atoms. The molecule has 3 rings (SSSR count). The van der Waals surface area contributed by atoms with Gasteiger partial charge in [0.25, 0.3) is 0 Å². The van der Waals surface area contributed by atoms with E-state index in [1.54, 1.807) is 0 Å². The van der Waals surface area contributed by atoms with Crippen molar-refractivity contribution < 1.29 is 5.11 Å². The Kier molecular flexibility index (Phi) is 4.97. The lowest BCUT2D eigenvalue weighted by molar-refractivity contribution is -0.0378. The van der Waals surface area contributed by atoms with E-state index in [-0.39, 0.29) is 0 Å². The van der Waals surface area contributed by atoms with Gasteiger partial charge in [-0.05, 0) is 56.7 Å². The van der Waals surface area contributed by atoms with Gasteiger partial charge in [-0.15, -0.1) is 0 Å². The summed E-state index contributed by atoms with van der Waals surface area (Å²) in [6.45, 7) is 3.48. The van der Waals surface area contributed by atoms with Gasteiger partial charge in [0.2, 0.25) is 0 Å². The van der Waals surface area contributed by atoms with Gasteiger partial charge in [-0.25, -0.2) is 0 Å². The molecule has 2 heteroatoms.